The average molecular weight is 188 g/mol. The minimum Gasteiger partial charge on any atom is -0.396 e. The monoisotopic (exact) mass is 188 g/mol. The van der Waals surface area contributed by atoms with E-state index in [0.717, 1.165) is 38.9 Å². The molecule has 13 heavy (non-hydrogen) atoms. The molecular weight excluding hydrogens is 164 g/mol. The van der Waals surface area contributed by atoms with Crippen molar-refractivity contribution in [3.05, 3.63) is 0 Å². The molecule has 2 nitrogen and oxygen atoms in total. The lowest BCUT2D eigenvalue weighted by Crippen LogP contribution is -2.09. The molecule has 0 saturated heterocycles. The molecule has 0 bridgehead atoms. The minimum atomic E-state index is 0.310. The Morgan fingerprint density at radius 1 is 1.08 bits per heavy atom. The molecule has 0 aromatic heterocycles. The molecule has 0 aliphatic rings. The SMILES string of the molecule is CCCCOCCC(CO)CCC. The fourth-order valence-corrected chi connectivity index (χ4v) is 1.33. The summed E-state index contributed by atoms with van der Waals surface area (Å²) in [6, 6.07) is 0. The van der Waals surface area contributed by atoms with E-state index in [-0.39, 0.29) is 0 Å². The van der Waals surface area contributed by atoms with E-state index in [9.17, 15) is 0 Å². The topological polar surface area (TPSA) is 29.5 Å². The minimum absolute atomic E-state index is 0.310. The van der Waals surface area contributed by atoms with Gasteiger partial charge < -0.3 is 9.84 Å². The summed E-state index contributed by atoms with van der Waals surface area (Å²) >= 11 is 0. The highest BCUT2D eigenvalue weighted by Crippen LogP contribution is 2.10. The summed E-state index contributed by atoms with van der Waals surface area (Å²) in [5.41, 5.74) is 0. The van der Waals surface area contributed by atoms with Crippen LogP contribution in [0.25, 0.3) is 0 Å². The van der Waals surface area contributed by atoms with Crippen molar-refractivity contribution in [2.45, 2.75) is 46.0 Å². The number of hydrogen-bond acceptors (Lipinski definition) is 2. The van der Waals surface area contributed by atoms with Gasteiger partial charge in [-0.2, -0.15) is 0 Å². The molecule has 1 N–H and O–H groups in total. The van der Waals surface area contributed by atoms with Crippen molar-refractivity contribution in [1.82, 2.24) is 0 Å². The van der Waals surface area contributed by atoms with E-state index in [0.29, 0.717) is 12.5 Å². The van der Waals surface area contributed by atoms with Crippen LogP contribution in [-0.2, 0) is 4.74 Å². The quantitative estimate of drug-likeness (QED) is 0.564. The normalized spacial score (nSPS) is 13.2. The Balaban J connectivity index is 3.17. The summed E-state index contributed by atoms with van der Waals surface area (Å²) in [5, 5.41) is 9.00. The second kappa shape index (κ2) is 10.0. The maximum atomic E-state index is 9.00. The Morgan fingerprint density at radius 3 is 2.38 bits per heavy atom. The summed E-state index contributed by atoms with van der Waals surface area (Å²) in [5.74, 6) is 0.451. The second-order valence-corrected chi connectivity index (χ2v) is 3.59. The van der Waals surface area contributed by atoms with Crippen LogP contribution in [0.5, 0.6) is 0 Å². The lowest BCUT2D eigenvalue weighted by atomic mass is 10.0. The van der Waals surface area contributed by atoms with Gasteiger partial charge in [0.15, 0.2) is 0 Å². The molecule has 0 amide bonds. The van der Waals surface area contributed by atoms with Crippen LogP contribution in [-0.4, -0.2) is 24.9 Å². The van der Waals surface area contributed by atoms with Gasteiger partial charge in [-0.05, 0) is 25.2 Å². The van der Waals surface area contributed by atoms with E-state index >= 15 is 0 Å². The van der Waals surface area contributed by atoms with Crippen molar-refractivity contribution in [3.8, 4) is 0 Å². The lowest BCUT2D eigenvalue weighted by Gasteiger charge is -2.12. The van der Waals surface area contributed by atoms with Crippen LogP contribution in [0, 0.1) is 5.92 Å². The smallest absolute Gasteiger partial charge is 0.0469 e. The third-order valence-corrected chi connectivity index (χ3v) is 2.27. The van der Waals surface area contributed by atoms with Crippen molar-refractivity contribution >= 4 is 0 Å². The van der Waals surface area contributed by atoms with Gasteiger partial charge in [-0.3, -0.25) is 0 Å². The van der Waals surface area contributed by atoms with E-state index in [4.69, 9.17) is 9.84 Å². The van der Waals surface area contributed by atoms with E-state index < -0.39 is 0 Å². The molecule has 0 rings (SSSR count). The predicted molar refractivity (Wildman–Crippen MR) is 55.8 cm³/mol. The van der Waals surface area contributed by atoms with Crippen LogP contribution in [0.1, 0.15) is 46.0 Å². The van der Waals surface area contributed by atoms with Crippen molar-refractivity contribution in [3.63, 3.8) is 0 Å². The van der Waals surface area contributed by atoms with E-state index in [1.165, 1.54) is 6.42 Å². The molecule has 0 aliphatic carbocycles. The molecule has 0 aromatic carbocycles. The molecule has 2 heteroatoms. The summed E-state index contributed by atoms with van der Waals surface area (Å²) in [4.78, 5) is 0. The largest absolute Gasteiger partial charge is 0.396 e. The lowest BCUT2D eigenvalue weighted by molar-refractivity contribution is 0.102. The van der Waals surface area contributed by atoms with Gasteiger partial charge in [0.1, 0.15) is 0 Å². The summed E-state index contributed by atoms with van der Waals surface area (Å²) in [6.45, 7) is 6.31. The van der Waals surface area contributed by atoms with Gasteiger partial charge in [0.05, 0.1) is 0 Å². The van der Waals surface area contributed by atoms with Crippen molar-refractivity contribution < 1.29 is 9.84 Å². The summed E-state index contributed by atoms with van der Waals surface area (Å²) in [7, 11) is 0. The molecule has 0 saturated carbocycles. The van der Waals surface area contributed by atoms with Gasteiger partial charge in [-0.1, -0.05) is 26.7 Å². The first-order chi connectivity index (χ1) is 6.35. The van der Waals surface area contributed by atoms with Gasteiger partial charge in [0, 0.05) is 19.8 Å². The number of rotatable bonds is 9. The maximum absolute atomic E-state index is 9.00. The van der Waals surface area contributed by atoms with Crippen LogP contribution in [0.4, 0.5) is 0 Å². The van der Waals surface area contributed by atoms with Crippen LogP contribution in [0.15, 0.2) is 0 Å². The molecule has 0 radical (unpaired) electrons. The van der Waals surface area contributed by atoms with Gasteiger partial charge in [0.25, 0.3) is 0 Å². The van der Waals surface area contributed by atoms with Gasteiger partial charge >= 0.3 is 0 Å². The zero-order chi connectivity index (χ0) is 9.94. The summed E-state index contributed by atoms with van der Waals surface area (Å²) < 4.78 is 5.44. The van der Waals surface area contributed by atoms with Gasteiger partial charge in [0.2, 0.25) is 0 Å². The first kappa shape index (κ1) is 12.9. The maximum Gasteiger partial charge on any atom is 0.0469 e. The molecule has 0 fully saturated rings. The zero-order valence-corrected chi connectivity index (χ0v) is 9.09. The number of unbranched alkanes of at least 4 members (excludes halogenated alkanes) is 1. The van der Waals surface area contributed by atoms with E-state index in [2.05, 4.69) is 13.8 Å². The Kier molecular flexibility index (Phi) is 9.94. The Bertz CT molecular complexity index is 94.1. The molecule has 1 atom stereocenters. The van der Waals surface area contributed by atoms with Gasteiger partial charge in [-0.25, -0.2) is 0 Å². The van der Waals surface area contributed by atoms with Crippen LogP contribution in [0.3, 0.4) is 0 Å². The highest BCUT2D eigenvalue weighted by atomic mass is 16.5. The fraction of sp³-hybridized carbons (Fsp3) is 1.00. The first-order valence-electron chi connectivity index (χ1n) is 5.53. The number of hydrogen-bond donors (Lipinski definition) is 1. The molecule has 80 valence electrons. The molecule has 1 unspecified atom stereocenters. The van der Waals surface area contributed by atoms with Crippen LogP contribution in [0.2, 0.25) is 0 Å². The molecule has 0 heterocycles. The molecule has 0 aromatic rings. The fourth-order valence-electron chi connectivity index (χ4n) is 1.33. The van der Waals surface area contributed by atoms with E-state index in [1.807, 2.05) is 0 Å². The first-order valence-corrected chi connectivity index (χ1v) is 5.53. The van der Waals surface area contributed by atoms with Crippen molar-refractivity contribution in [2.24, 2.45) is 5.92 Å². The standard InChI is InChI=1S/C11H24O2/c1-3-5-8-13-9-7-11(10-12)6-4-2/h11-12H,3-10H2,1-2H3. The molecule has 0 spiro atoms. The zero-order valence-electron chi connectivity index (χ0n) is 9.09. The highest BCUT2D eigenvalue weighted by molar-refractivity contribution is 4.55. The Morgan fingerprint density at radius 2 is 1.85 bits per heavy atom. The van der Waals surface area contributed by atoms with E-state index in [1.54, 1.807) is 0 Å². The number of aliphatic hydroxyl groups excluding tert-OH is 1. The number of ether oxygens (including phenoxy) is 1. The molecular formula is C11H24O2. The third kappa shape index (κ3) is 8.26. The van der Waals surface area contributed by atoms with Crippen molar-refractivity contribution in [1.29, 1.82) is 0 Å². The second-order valence-electron chi connectivity index (χ2n) is 3.59. The number of aliphatic hydroxyl groups is 1. The Labute approximate surface area is 82.3 Å². The van der Waals surface area contributed by atoms with Gasteiger partial charge in [-0.15, -0.1) is 0 Å². The molecule has 0 aliphatic heterocycles. The van der Waals surface area contributed by atoms with Crippen LogP contribution >= 0.6 is 0 Å². The predicted octanol–water partition coefficient (Wildman–Crippen LogP) is 2.60. The summed E-state index contributed by atoms with van der Waals surface area (Å²) in [6.07, 6.45) is 5.62. The van der Waals surface area contributed by atoms with Crippen LogP contribution < -0.4 is 0 Å². The highest BCUT2D eigenvalue weighted by Gasteiger charge is 2.05. The third-order valence-electron chi connectivity index (χ3n) is 2.27. The Hall–Kier alpha value is -0.0800. The van der Waals surface area contributed by atoms with Crippen molar-refractivity contribution in [2.75, 3.05) is 19.8 Å². The average Bonchev–Trinajstić information content (AvgIpc) is 2.16.